The minimum atomic E-state index is -0.389. The van der Waals surface area contributed by atoms with Crippen LogP contribution in [-0.4, -0.2) is 10.5 Å². The fourth-order valence-corrected chi connectivity index (χ4v) is 4.95. The number of ether oxygens (including phenoxy) is 1. The first kappa shape index (κ1) is 24.2. The predicted molar refractivity (Wildman–Crippen MR) is 159 cm³/mol. The first-order valence-electron chi connectivity index (χ1n) is 13.0. The highest BCUT2D eigenvalue weighted by molar-refractivity contribution is 6.03. The van der Waals surface area contributed by atoms with Gasteiger partial charge in [0, 0.05) is 28.6 Å². The van der Waals surface area contributed by atoms with Crippen molar-refractivity contribution in [1.29, 1.82) is 0 Å². The van der Waals surface area contributed by atoms with Gasteiger partial charge in [0.2, 0.25) is 0 Å². The van der Waals surface area contributed by atoms with E-state index in [0.29, 0.717) is 17.9 Å². The maximum atomic E-state index is 13.2. The van der Waals surface area contributed by atoms with Crippen LogP contribution in [0.3, 0.4) is 0 Å². The average Bonchev–Trinajstić information content (AvgIpc) is 3.31. The maximum Gasteiger partial charge on any atom is 0.343 e. The Morgan fingerprint density at radius 1 is 0.615 bits per heavy atom. The van der Waals surface area contributed by atoms with Gasteiger partial charge >= 0.3 is 5.97 Å². The number of para-hydroxylation sites is 1. The van der Waals surface area contributed by atoms with Crippen LogP contribution in [-0.2, 0) is 11.3 Å². The largest absolute Gasteiger partial charge is 0.422 e. The Balaban J connectivity index is 1.58. The Hall–Kier alpha value is -5.15. The van der Waals surface area contributed by atoms with Crippen molar-refractivity contribution >= 4 is 28.7 Å². The number of esters is 1. The molecule has 1 aromatic heterocycles. The SMILES string of the molecule is O=C(O/C(=C\c1c(-c2ccccc2)n(Cc2ccccc2)c2ccccc12)c1ccccc1)c1ccccc1. The Morgan fingerprint density at radius 2 is 1.15 bits per heavy atom. The van der Waals surface area contributed by atoms with Crippen LogP contribution in [0.15, 0.2) is 146 Å². The van der Waals surface area contributed by atoms with Crippen molar-refractivity contribution in [2.75, 3.05) is 0 Å². The van der Waals surface area contributed by atoms with E-state index in [-0.39, 0.29) is 5.97 Å². The predicted octanol–water partition coefficient (Wildman–Crippen LogP) is 8.71. The highest BCUT2D eigenvalue weighted by Gasteiger charge is 2.20. The zero-order chi connectivity index (χ0) is 26.4. The highest BCUT2D eigenvalue weighted by atomic mass is 16.5. The molecule has 0 saturated heterocycles. The minimum absolute atomic E-state index is 0.389. The zero-order valence-corrected chi connectivity index (χ0v) is 21.4. The van der Waals surface area contributed by atoms with Crippen LogP contribution in [0.4, 0.5) is 0 Å². The van der Waals surface area contributed by atoms with E-state index in [1.165, 1.54) is 5.56 Å². The molecular formula is C36H27NO2. The number of fused-ring (bicyclic) bond motifs is 1. The summed E-state index contributed by atoms with van der Waals surface area (Å²) >= 11 is 0. The van der Waals surface area contributed by atoms with Crippen molar-refractivity contribution < 1.29 is 9.53 Å². The summed E-state index contributed by atoms with van der Waals surface area (Å²) < 4.78 is 8.46. The molecule has 0 unspecified atom stereocenters. The molecule has 0 amide bonds. The second-order valence-electron chi connectivity index (χ2n) is 9.35. The van der Waals surface area contributed by atoms with E-state index in [1.54, 1.807) is 12.1 Å². The van der Waals surface area contributed by atoms with Gasteiger partial charge in [-0.1, -0.05) is 127 Å². The number of nitrogens with zero attached hydrogens (tertiary/aromatic N) is 1. The summed E-state index contributed by atoms with van der Waals surface area (Å²) in [5, 5.41) is 1.09. The summed E-state index contributed by atoms with van der Waals surface area (Å²) in [4.78, 5) is 13.2. The lowest BCUT2D eigenvalue weighted by molar-refractivity contribution is 0.0693. The molecule has 0 atom stereocenters. The third-order valence-corrected chi connectivity index (χ3v) is 6.79. The Bertz CT molecular complexity index is 1740. The second kappa shape index (κ2) is 11.1. The van der Waals surface area contributed by atoms with Gasteiger partial charge in [0.15, 0.2) is 0 Å². The van der Waals surface area contributed by atoms with E-state index in [2.05, 4.69) is 77.4 Å². The number of hydrogen-bond donors (Lipinski definition) is 0. The van der Waals surface area contributed by atoms with E-state index in [0.717, 1.165) is 33.3 Å². The van der Waals surface area contributed by atoms with Crippen LogP contribution in [0.2, 0.25) is 0 Å². The number of aromatic nitrogens is 1. The number of rotatable bonds is 7. The van der Waals surface area contributed by atoms with Crippen molar-refractivity contribution in [3.05, 3.63) is 168 Å². The molecule has 0 radical (unpaired) electrons. The van der Waals surface area contributed by atoms with Crippen molar-refractivity contribution in [1.82, 2.24) is 4.57 Å². The van der Waals surface area contributed by atoms with Crippen LogP contribution in [0.5, 0.6) is 0 Å². The Kier molecular flexibility index (Phi) is 6.87. The van der Waals surface area contributed by atoms with Gasteiger partial charge in [-0.15, -0.1) is 0 Å². The molecule has 3 heteroatoms. The normalized spacial score (nSPS) is 11.4. The molecule has 5 aromatic carbocycles. The van der Waals surface area contributed by atoms with Crippen LogP contribution >= 0.6 is 0 Å². The molecule has 0 fully saturated rings. The molecule has 0 aliphatic carbocycles. The molecule has 6 rings (SSSR count). The molecule has 1 heterocycles. The van der Waals surface area contributed by atoms with Gasteiger partial charge in [-0.25, -0.2) is 4.79 Å². The summed E-state index contributed by atoms with van der Waals surface area (Å²) in [6.07, 6.45) is 2.02. The van der Waals surface area contributed by atoms with E-state index < -0.39 is 0 Å². The summed E-state index contributed by atoms with van der Waals surface area (Å²) in [6, 6.07) is 48.2. The molecule has 0 saturated carbocycles. The number of benzene rings is 5. The smallest absolute Gasteiger partial charge is 0.343 e. The molecule has 39 heavy (non-hydrogen) atoms. The first-order chi connectivity index (χ1) is 19.3. The molecule has 0 bridgehead atoms. The maximum absolute atomic E-state index is 13.2. The van der Waals surface area contributed by atoms with Crippen LogP contribution < -0.4 is 0 Å². The zero-order valence-electron chi connectivity index (χ0n) is 21.4. The quantitative estimate of drug-likeness (QED) is 0.160. The fraction of sp³-hybridized carbons (Fsp3) is 0.0278. The van der Waals surface area contributed by atoms with Crippen LogP contribution in [0.1, 0.15) is 27.0 Å². The molecule has 6 aromatic rings. The number of hydrogen-bond acceptors (Lipinski definition) is 2. The summed E-state index contributed by atoms with van der Waals surface area (Å²) in [5.41, 5.74) is 6.85. The Labute approximate surface area is 228 Å². The third-order valence-electron chi connectivity index (χ3n) is 6.79. The lowest BCUT2D eigenvalue weighted by Crippen LogP contribution is -2.05. The number of carbonyl (C=O) groups excluding carboxylic acids is 1. The van der Waals surface area contributed by atoms with E-state index in [4.69, 9.17) is 4.74 Å². The summed E-state index contributed by atoms with van der Waals surface area (Å²) in [5.74, 6) is 0.115. The highest BCUT2D eigenvalue weighted by Crippen LogP contribution is 2.37. The average molecular weight is 506 g/mol. The van der Waals surface area contributed by atoms with Crippen molar-refractivity contribution in [2.24, 2.45) is 0 Å². The molecule has 3 nitrogen and oxygen atoms in total. The molecule has 0 aliphatic rings. The third kappa shape index (κ3) is 5.16. The topological polar surface area (TPSA) is 31.2 Å². The van der Waals surface area contributed by atoms with E-state index in [9.17, 15) is 4.79 Å². The van der Waals surface area contributed by atoms with Crippen molar-refractivity contribution in [2.45, 2.75) is 6.54 Å². The summed E-state index contributed by atoms with van der Waals surface area (Å²) in [7, 11) is 0. The summed E-state index contributed by atoms with van der Waals surface area (Å²) in [6.45, 7) is 0.712. The number of carbonyl (C=O) groups is 1. The van der Waals surface area contributed by atoms with Crippen molar-refractivity contribution in [3.63, 3.8) is 0 Å². The minimum Gasteiger partial charge on any atom is -0.422 e. The van der Waals surface area contributed by atoms with Gasteiger partial charge in [0.1, 0.15) is 5.76 Å². The first-order valence-corrected chi connectivity index (χ1v) is 13.0. The second-order valence-corrected chi connectivity index (χ2v) is 9.35. The van der Waals surface area contributed by atoms with Crippen LogP contribution in [0.25, 0.3) is 34.0 Å². The van der Waals surface area contributed by atoms with Crippen molar-refractivity contribution in [3.8, 4) is 11.3 Å². The molecule has 0 aliphatic heterocycles. The van der Waals surface area contributed by atoms with Crippen LogP contribution in [0, 0.1) is 0 Å². The van der Waals surface area contributed by atoms with Gasteiger partial charge in [-0.3, -0.25) is 0 Å². The molecule has 188 valence electrons. The van der Waals surface area contributed by atoms with Gasteiger partial charge < -0.3 is 9.30 Å². The lowest BCUT2D eigenvalue weighted by Gasteiger charge is -2.14. The lowest BCUT2D eigenvalue weighted by atomic mass is 10.0. The van der Waals surface area contributed by atoms with E-state index in [1.807, 2.05) is 66.7 Å². The Morgan fingerprint density at radius 3 is 1.82 bits per heavy atom. The van der Waals surface area contributed by atoms with Gasteiger partial charge in [-0.2, -0.15) is 0 Å². The fourth-order valence-electron chi connectivity index (χ4n) is 4.95. The molecule has 0 N–H and O–H groups in total. The standard InChI is InChI=1S/C36H27NO2/c38-36(30-21-11-4-12-22-30)39-34(28-17-7-2-8-18-28)25-32-31-23-13-14-24-33(31)37(26-27-15-5-1-6-16-27)35(32)29-19-9-3-10-20-29/h1-25H,26H2/b34-25-. The van der Waals surface area contributed by atoms with Gasteiger partial charge in [0.25, 0.3) is 0 Å². The monoisotopic (exact) mass is 505 g/mol. The molecular weight excluding hydrogens is 478 g/mol. The molecule has 0 spiro atoms. The van der Waals surface area contributed by atoms with Gasteiger partial charge in [0.05, 0.1) is 11.3 Å². The van der Waals surface area contributed by atoms with Gasteiger partial charge in [-0.05, 0) is 35.4 Å². The van der Waals surface area contributed by atoms with E-state index >= 15 is 0 Å².